The van der Waals surface area contributed by atoms with Crippen molar-refractivity contribution >= 4 is 5.96 Å². The third-order valence-electron chi connectivity index (χ3n) is 3.17. The SMILES string of the molecule is CCCCNC(=NC)N1CCC(OCC)CC1. The van der Waals surface area contributed by atoms with Gasteiger partial charge in [0.1, 0.15) is 0 Å². The molecule has 0 aliphatic carbocycles. The second kappa shape index (κ2) is 8.34. The van der Waals surface area contributed by atoms with Crippen LogP contribution in [0.4, 0.5) is 0 Å². The number of rotatable bonds is 5. The fourth-order valence-electron chi connectivity index (χ4n) is 2.18. The molecule has 1 aliphatic rings. The lowest BCUT2D eigenvalue weighted by Gasteiger charge is -2.34. The number of nitrogens with zero attached hydrogens (tertiary/aromatic N) is 2. The van der Waals surface area contributed by atoms with E-state index >= 15 is 0 Å². The van der Waals surface area contributed by atoms with Crippen LogP contribution in [-0.2, 0) is 4.74 Å². The first-order chi connectivity index (χ1) is 8.31. The van der Waals surface area contributed by atoms with Crippen LogP contribution in [-0.4, -0.2) is 50.3 Å². The van der Waals surface area contributed by atoms with E-state index in [-0.39, 0.29) is 0 Å². The minimum absolute atomic E-state index is 0.449. The van der Waals surface area contributed by atoms with Gasteiger partial charge in [0, 0.05) is 33.3 Å². The van der Waals surface area contributed by atoms with Crippen molar-refractivity contribution in [2.45, 2.75) is 45.6 Å². The minimum Gasteiger partial charge on any atom is -0.378 e. The molecule has 0 atom stereocenters. The number of unbranched alkanes of at least 4 members (excludes halogenated alkanes) is 1. The molecule has 0 aromatic heterocycles. The lowest BCUT2D eigenvalue weighted by Crippen LogP contribution is -2.47. The van der Waals surface area contributed by atoms with Gasteiger partial charge in [0.15, 0.2) is 5.96 Å². The van der Waals surface area contributed by atoms with Crippen LogP contribution in [0.15, 0.2) is 4.99 Å². The Kier molecular flexibility index (Phi) is 7.01. The van der Waals surface area contributed by atoms with E-state index in [0.29, 0.717) is 6.10 Å². The molecule has 0 saturated carbocycles. The largest absolute Gasteiger partial charge is 0.378 e. The second-order valence-corrected chi connectivity index (χ2v) is 4.47. The number of ether oxygens (including phenoxy) is 1. The fourth-order valence-corrected chi connectivity index (χ4v) is 2.18. The maximum Gasteiger partial charge on any atom is 0.193 e. The van der Waals surface area contributed by atoms with E-state index in [4.69, 9.17) is 4.74 Å². The highest BCUT2D eigenvalue weighted by molar-refractivity contribution is 5.79. The number of nitrogens with one attached hydrogen (secondary N) is 1. The fraction of sp³-hybridized carbons (Fsp3) is 0.923. The van der Waals surface area contributed by atoms with Gasteiger partial charge in [0.05, 0.1) is 6.10 Å². The average molecular weight is 241 g/mol. The Bertz CT molecular complexity index is 223. The van der Waals surface area contributed by atoms with Crippen LogP contribution in [0.3, 0.4) is 0 Å². The van der Waals surface area contributed by atoms with Gasteiger partial charge in [-0.15, -0.1) is 0 Å². The predicted octanol–water partition coefficient (Wildman–Crippen LogP) is 1.86. The molecule has 1 N–H and O–H groups in total. The standard InChI is InChI=1S/C13H27N3O/c1-4-6-9-15-13(14-3)16-10-7-12(8-11-16)17-5-2/h12H,4-11H2,1-3H3,(H,14,15). The van der Waals surface area contributed by atoms with Crippen molar-refractivity contribution in [3.05, 3.63) is 0 Å². The second-order valence-electron chi connectivity index (χ2n) is 4.47. The van der Waals surface area contributed by atoms with Gasteiger partial charge in [-0.05, 0) is 26.2 Å². The van der Waals surface area contributed by atoms with Crippen LogP contribution in [0.1, 0.15) is 39.5 Å². The smallest absolute Gasteiger partial charge is 0.193 e. The molecule has 0 aromatic rings. The summed E-state index contributed by atoms with van der Waals surface area (Å²) in [6.45, 7) is 8.23. The summed E-state index contributed by atoms with van der Waals surface area (Å²) in [5.74, 6) is 1.05. The maximum absolute atomic E-state index is 5.66. The van der Waals surface area contributed by atoms with Gasteiger partial charge in [-0.1, -0.05) is 13.3 Å². The summed E-state index contributed by atoms with van der Waals surface area (Å²) in [7, 11) is 1.86. The van der Waals surface area contributed by atoms with Crippen molar-refractivity contribution < 1.29 is 4.74 Å². The first-order valence-corrected chi connectivity index (χ1v) is 6.89. The highest BCUT2D eigenvalue weighted by atomic mass is 16.5. The van der Waals surface area contributed by atoms with Crippen LogP contribution in [0.25, 0.3) is 0 Å². The molecular formula is C13H27N3O. The number of aliphatic imine (C=N–C) groups is 1. The minimum atomic E-state index is 0.449. The molecule has 0 unspecified atom stereocenters. The zero-order chi connectivity index (χ0) is 12.5. The van der Waals surface area contributed by atoms with Crippen molar-refractivity contribution in [3.8, 4) is 0 Å². The molecule has 1 rings (SSSR count). The average Bonchev–Trinajstić information content (AvgIpc) is 2.36. The number of hydrogen-bond acceptors (Lipinski definition) is 2. The number of likely N-dealkylation sites (tertiary alicyclic amines) is 1. The van der Waals surface area contributed by atoms with Crippen LogP contribution in [0.2, 0.25) is 0 Å². The molecule has 100 valence electrons. The molecule has 4 nitrogen and oxygen atoms in total. The van der Waals surface area contributed by atoms with Gasteiger partial charge in [0.25, 0.3) is 0 Å². The van der Waals surface area contributed by atoms with E-state index < -0.39 is 0 Å². The molecule has 0 bridgehead atoms. The van der Waals surface area contributed by atoms with Crippen molar-refractivity contribution in [1.82, 2.24) is 10.2 Å². The molecule has 0 aromatic carbocycles. The summed E-state index contributed by atoms with van der Waals surface area (Å²) in [4.78, 5) is 6.68. The Balaban J connectivity index is 2.30. The Labute approximate surface area is 105 Å². The van der Waals surface area contributed by atoms with Crippen LogP contribution in [0.5, 0.6) is 0 Å². The Hall–Kier alpha value is -0.770. The van der Waals surface area contributed by atoms with Gasteiger partial charge in [-0.25, -0.2) is 0 Å². The Morgan fingerprint density at radius 2 is 2.06 bits per heavy atom. The normalized spacial score (nSPS) is 18.5. The molecule has 1 saturated heterocycles. The third kappa shape index (κ3) is 4.94. The van der Waals surface area contributed by atoms with Crippen molar-refractivity contribution in [3.63, 3.8) is 0 Å². The maximum atomic E-state index is 5.66. The van der Waals surface area contributed by atoms with Crippen molar-refractivity contribution in [1.29, 1.82) is 0 Å². The topological polar surface area (TPSA) is 36.9 Å². The quantitative estimate of drug-likeness (QED) is 0.453. The first kappa shape index (κ1) is 14.3. The highest BCUT2D eigenvalue weighted by Gasteiger charge is 2.21. The lowest BCUT2D eigenvalue weighted by molar-refractivity contribution is 0.0264. The summed E-state index contributed by atoms with van der Waals surface area (Å²) < 4.78 is 5.66. The first-order valence-electron chi connectivity index (χ1n) is 6.89. The molecule has 0 amide bonds. The summed E-state index contributed by atoms with van der Waals surface area (Å²) in [5.41, 5.74) is 0. The molecule has 17 heavy (non-hydrogen) atoms. The van der Waals surface area contributed by atoms with Gasteiger partial charge < -0.3 is 15.0 Å². The number of hydrogen-bond donors (Lipinski definition) is 1. The van der Waals surface area contributed by atoms with E-state index in [1.807, 2.05) is 7.05 Å². The van der Waals surface area contributed by atoms with Gasteiger partial charge in [-0.2, -0.15) is 0 Å². The van der Waals surface area contributed by atoms with E-state index in [0.717, 1.165) is 45.0 Å². The number of piperidine rings is 1. The molecule has 4 heteroatoms. The molecule has 1 fully saturated rings. The molecule has 0 spiro atoms. The lowest BCUT2D eigenvalue weighted by atomic mass is 10.1. The van der Waals surface area contributed by atoms with Crippen molar-refractivity contribution in [2.24, 2.45) is 4.99 Å². The van der Waals surface area contributed by atoms with Crippen LogP contribution >= 0.6 is 0 Å². The van der Waals surface area contributed by atoms with Crippen LogP contribution in [0, 0.1) is 0 Å². The number of guanidine groups is 1. The van der Waals surface area contributed by atoms with E-state index in [9.17, 15) is 0 Å². The molecular weight excluding hydrogens is 214 g/mol. The summed E-state index contributed by atoms with van der Waals surface area (Å²) >= 11 is 0. The summed E-state index contributed by atoms with van der Waals surface area (Å²) in [6.07, 6.45) is 5.10. The zero-order valence-electron chi connectivity index (χ0n) is 11.5. The van der Waals surface area contributed by atoms with E-state index in [2.05, 4.69) is 29.1 Å². The van der Waals surface area contributed by atoms with Crippen molar-refractivity contribution in [2.75, 3.05) is 33.3 Å². The summed E-state index contributed by atoms with van der Waals surface area (Å²) in [6, 6.07) is 0. The monoisotopic (exact) mass is 241 g/mol. The predicted molar refractivity (Wildman–Crippen MR) is 72.5 cm³/mol. The molecule has 0 radical (unpaired) electrons. The summed E-state index contributed by atoms with van der Waals surface area (Å²) in [5, 5.41) is 3.42. The van der Waals surface area contributed by atoms with E-state index in [1.165, 1.54) is 12.8 Å². The Morgan fingerprint density at radius 3 is 2.59 bits per heavy atom. The molecule has 1 aliphatic heterocycles. The van der Waals surface area contributed by atoms with E-state index in [1.54, 1.807) is 0 Å². The van der Waals surface area contributed by atoms with Crippen LogP contribution < -0.4 is 5.32 Å². The highest BCUT2D eigenvalue weighted by Crippen LogP contribution is 2.13. The Morgan fingerprint density at radius 1 is 1.35 bits per heavy atom. The van der Waals surface area contributed by atoms with Gasteiger partial charge in [-0.3, -0.25) is 4.99 Å². The van der Waals surface area contributed by atoms with Gasteiger partial charge in [0.2, 0.25) is 0 Å². The zero-order valence-corrected chi connectivity index (χ0v) is 11.5. The third-order valence-corrected chi connectivity index (χ3v) is 3.17. The van der Waals surface area contributed by atoms with Gasteiger partial charge >= 0.3 is 0 Å². The molecule has 1 heterocycles.